The molecule has 2 N–H and O–H groups in total. The van der Waals surface area contributed by atoms with Gasteiger partial charge in [-0.05, 0) is 36.4 Å². The normalized spacial score (nSPS) is 10.4. The lowest BCUT2D eigenvalue weighted by atomic mass is 10.2. The largest absolute Gasteiger partial charge is 0.339 e. The molecule has 0 aliphatic rings. The molecule has 0 atom stereocenters. The van der Waals surface area contributed by atoms with E-state index in [4.69, 9.17) is 16.1 Å². The van der Waals surface area contributed by atoms with Gasteiger partial charge in [-0.25, -0.2) is 4.39 Å². The molecule has 0 radical (unpaired) electrons. The maximum atomic E-state index is 12.9. The fourth-order valence-electron chi connectivity index (χ4n) is 2.19. The summed E-state index contributed by atoms with van der Waals surface area (Å²) in [4.78, 5) is 28.0. The van der Waals surface area contributed by atoms with E-state index < -0.39 is 11.8 Å². The highest BCUT2D eigenvalue weighted by atomic mass is 35.5. The zero-order valence-electron chi connectivity index (χ0n) is 13.9. The Labute approximate surface area is 158 Å². The van der Waals surface area contributed by atoms with Gasteiger partial charge < -0.3 is 4.52 Å². The van der Waals surface area contributed by atoms with Crippen LogP contribution < -0.4 is 10.9 Å². The Kier molecular flexibility index (Phi) is 5.77. The van der Waals surface area contributed by atoms with E-state index in [0.29, 0.717) is 11.4 Å². The molecule has 0 spiro atoms. The van der Waals surface area contributed by atoms with E-state index >= 15 is 0 Å². The van der Waals surface area contributed by atoms with Crippen LogP contribution in [0.15, 0.2) is 53.1 Å². The molecule has 0 fully saturated rings. The molecular weight excluding hydrogens is 375 g/mol. The number of rotatable bonds is 5. The lowest BCUT2D eigenvalue weighted by Crippen LogP contribution is -2.41. The van der Waals surface area contributed by atoms with Gasteiger partial charge in [-0.2, -0.15) is 4.98 Å². The van der Waals surface area contributed by atoms with Crippen LogP contribution in [0.5, 0.6) is 0 Å². The average Bonchev–Trinajstić information content (AvgIpc) is 3.14. The molecule has 7 nitrogen and oxygen atoms in total. The molecule has 0 saturated carbocycles. The van der Waals surface area contributed by atoms with Crippen LogP contribution in [0.25, 0.3) is 11.4 Å². The van der Waals surface area contributed by atoms with E-state index in [2.05, 4.69) is 21.0 Å². The third-order valence-electron chi connectivity index (χ3n) is 3.57. The van der Waals surface area contributed by atoms with E-state index in [9.17, 15) is 14.0 Å². The number of amides is 2. The van der Waals surface area contributed by atoms with Gasteiger partial charge in [0.15, 0.2) is 0 Å². The van der Waals surface area contributed by atoms with Crippen molar-refractivity contribution in [3.8, 4) is 11.4 Å². The van der Waals surface area contributed by atoms with Crippen LogP contribution in [-0.2, 0) is 11.2 Å². The minimum absolute atomic E-state index is 0.0217. The van der Waals surface area contributed by atoms with Crippen LogP contribution in [-0.4, -0.2) is 22.0 Å². The van der Waals surface area contributed by atoms with Crippen LogP contribution in [0.3, 0.4) is 0 Å². The Hall–Kier alpha value is -3.26. The van der Waals surface area contributed by atoms with E-state index in [0.717, 1.165) is 0 Å². The van der Waals surface area contributed by atoms with Crippen molar-refractivity contribution in [3.05, 3.63) is 70.8 Å². The van der Waals surface area contributed by atoms with Crippen LogP contribution >= 0.6 is 11.6 Å². The number of carbonyl (C=O) groups is 2. The second-order valence-electron chi connectivity index (χ2n) is 5.50. The van der Waals surface area contributed by atoms with Crippen LogP contribution in [0.1, 0.15) is 22.7 Å². The van der Waals surface area contributed by atoms with Crippen molar-refractivity contribution in [2.75, 3.05) is 0 Å². The van der Waals surface area contributed by atoms with Crippen molar-refractivity contribution >= 4 is 23.4 Å². The summed E-state index contributed by atoms with van der Waals surface area (Å²) >= 11 is 5.92. The highest BCUT2D eigenvalue weighted by molar-refractivity contribution is 6.33. The standard InChI is InChI=1S/C18H14ClFN4O3/c19-14-4-2-1-3-13(14)18(26)23-22-15(25)9-10-16-21-17(24-27-16)11-5-7-12(20)8-6-11/h1-8H,9-10H2,(H,22,25)(H,23,26). The molecule has 2 amide bonds. The Morgan fingerprint density at radius 3 is 2.56 bits per heavy atom. The number of hydrazine groups is 1. The molecule has 3 rings (SSSR count). The number of nitrogens with zero attached hydrogens (tertiary/aromatic N) is 2. The van der Waals surface area contributed by atoms with Gasteiger partial charge in [0.25, 0.3) is 5.91 Å². The second kappa shape index (κ2) is 8.41. The molecule has 9 heteroatoms. The maximum Gasteiger partial charge on any atom is 0.271 e. The number of aryl methyl sites for hydroxylation is 1. The first kappa shape index (κ1) is 18.5. The molecule has 0 saturated heterocycles. The first-order chi connectivity index (χ1) is 13.0. The molecule has 1 aromatic heterocycles. The summed E-state index contributed by atoms with van der Waals surface area (Å²) in [5.74, 6) is -0.764. The summed E-state index contributed by atoms with van der Waals surface area (Å²) in [7, 11) is 0. The highest BCUT2D eigenvalue weighted by Gasteiger charge is 2.13. The van der Waals surface area contributed by atoms with Crippen molar-refractivity contribution in [2.45, 2.75) is 12.8 Å². The van der Waals surface area contributed by atoms with Gasteiger partial charge >= 0.3 is 0 Å². The fourth-order valence-corrected chi connectivity index (χ4v) is 2.42. The first-order valence-electron chi connectivity index (χ1n) is 7.95. The van der Waals surface area contributed by atoms with Gasteiger partial charge in [-0.3, -0.25) is 20.4 Å². The Morgan fingerprint density at radius 2 is 1.81 bits per heavy atom. The average molecular weight is 389 g/mol. The first-order valence-corrected chi connectivity index (χ1v) is 8.33. The molecule has 0 bridgehead atoms. The predicted molar refractivity (Wildman–Crippen MR) is 95.1 cm³/mol. The maximum absolute atomic E-state index is 12.9. The molecule has 138 valence electrons. The van der Waals surface area contributed by atoms with Crippen molar-refractivity contribution < 1.29 is 18.5 Å². The molecule has 2 aromatic carbocycles. The zero-order valence-corrected chi connectivity index (χ0v) is 14.7. The van der Waals surface area contributed by atoms with Gasteiger partial charge in [0.2, 0.25) is 17.6 Å². The molecule has 0 unspecified atom stereocenters. The van der Waals surface area contributed by atoms with E-state index in [1.54, 1.807) is 24.3 Å². The summed E-state index contributed by atoms with van der Waals surface area (Å²) in [5, 5.41) is 4.07. The number of aromatic nitrogens is 2. The summed E-state index contributed by atoms with van der Waals surface area (Å²) < 4.78 is 18.0. The Morgan fingerprint density at radius 1 is 1.07 bits per heavy atom. The smallest absolute Gasteiger partial charge is 0.271 e. The molecule has 3 aromatic rings. The lowest BCUT2D eigenvalue weighted by molar-refractivity contribution is -0.121. The van der Waals surface area contributed by atoms with E-state index in [1.165, 1.54) is 24.3 Å². The van der Waals surface area contributed by atoms with Crippen LogP contribution in [0, 0.1) is 5.82 Å². The van der Waals surface area contributed by atoms with Crippen LogP contribution in [0.4, 0.5) is 4.39 Å². The van der Waals surface area contributed by atoms with Crippen molar-refractivity contribution in [1.29, 1.82) is 0 Å². The number of carbonyl (C=O) groups excluding carboxylic acids is 2. The zero-order chi connectivity index (χ0) is 19.2. The molecule has 0 aliphatic carbocycles. The minimum atomic E-state index is -0.523. The molecule has 1 heterocycles. The highest BCUT2D eigenvalue weighted by Crippen LogP contribution is 2.17. The van der Waals surface area contributed by atoms with Crippen molar-refractivity contribution in [3.63, 3.8) is 0 Å². The van der Waals surface area contributed by atoms with E-state index in [1.807, 2.05) is 0 Å². The lowest BCUT2D eigenvalue weighted by Gasteiger charge is -2.07. The number of hydrogen-bond acceptors (Lipinski definition) is 5. The number of hydrogen-bond donors (Lipinski definition) is 2. The number of halogens is 2. The van der Waals surface area contributed by atoms with Crippen molar-refractivity contribution in [1.82, 2.24) is 21.0 Å². The Balaban J connectivity index is 1.49. The molecular formula is C18H14ClFN4O3. The minimum Gasteiger partial charge on any atom is -0.339 e. The van der Waals surface area contributed by atoms with Gasteiger partial charge in [0.1, 0.15) is 5.82 Å². The van der Waals surface area contributed by atoms with Crippen LogP contribution in [0.2, 0.25) is 5.02 Å². The molecule has 0 aliphatic heterocycles. The third-order valence-corrected chi connectivity index (χ3v) is 3.90. The monoisotopic (exact) mass is 388 g/mol. The number of nitrogens with one attached hydrogen (secondary N) is 2. The fraction of sp³-hybridized carbons (Fsp3) is 0.111. The third kappa shape index (κ3) is 4.89. The SMILES string of the molecule is O=C(CCc1nc(-c2ccc(F)cc2)no1)NNC(=O)c1ccccc1Cl. The molecule has 27 heavy (non-hydrogen) atoms. The van der Waals surface area contributed by atoms with E-state index in [-0.39, 0.29) is 35.1 Å². The van der Waals surface area contributed by atoms with Gasteiger partial charge in [0, 0.05) is 18.4 Å². The topological polar surface area (TPSA) is 97.1 Å². The summed E-state index contributed by atoms with van der Waals surface area (Å²) in [6.07, 6.45) is 0.204. The van der Waals surface area contributed by atoms with Crippen molar-refractivity contribution in [2.24, 2.45) is 0 Å². The summed E-state index contributed by atoms with van der Waals surface area (Å²) in [6, 6.07) is 12.1. The van der Waals surface area contributed by atoms with Gasteiger partial charge in [-0.15, -0.1) is 0 Å². The summed E-state index contributed by atoms with van der Waals surface area (Å²) in [5.41, 5.74) is 5.43. The van der Waals surface area contributed by atoms with Gasteiger partial charge in [-0.1, -0.05) is 28.9 Å². The second-order valence-corrected chi connectivity index (χ2v) is 5.91. The van der Waals surface area contributed by atoms with Gasteiger partial charge in [0.05, 0.1) is 10.6 Å². The summed E-state index contributed by atoms with van der Waals surface area (Å²) in [6.45, 7) is 0. The number of benzene rings is 2. The Bertz CT molecular complexity index is 959. The predicted octanol–water partition coefficient (Wildman–Crippen LogP) is 2.92. The quantitative estimate of drug-likeness (QED) is 0.655.